The Labute approximate surface area is 246 Å². The number of imidazole rings is 1. The van der Waals surface area contributed by atoms with Gasteiger partial charge < -0.3 is 19.1 Å². The number of benzene rings is 4. The van der Waals surface area contributed by atoms with E-state index in [-0.39, 0.29) is 30.5 Å². The van der Waals surface area contributed by atoms with Gasteiger partial charge in [0.15, 0.2) is 0 Å². The van der Waals surface area contributed by atoms with E-state index < -0.39 is 11.8 Å². The van der Waals surface area contributed by atoms with E-state index in [1.165, 1.54) is 18.2 Å². The fourth-order valence-electron chi connectivity index (χ4n) is 5.24. The van der Waals surface area contributed by atoms with Gasteiger partial charge >= 0.3 is 5.97 Å². The molecular weight excluding hydrogens is 562 g/mol. The Hall–Kier alpha value is -4.27. The lowest BCUT2D eigenvalue weighted by Gasteiger charge is -2.15. The third-order valence-electron chi connectivity index (χ3n) is 7.46. The summed E-state index contributed by atoms with van der Waals surface area (Å²) in [5, 5.41) is 9.82. The topological polar surface area (TPSA) is 73.6 Å². The Bertz CT molecular complexity index is 1780. The van der Waals surface area contributed by atoms with E-state index >= 15 is 4.39 Å². The highest BCUT2D eigenvalue weighted by atomic mass is 35.5. The third-order valence-corrected chi connectivity index (χ3v) is 7.70. The summed E-state index contributed by atoms with van der Waals surface area (Å²) >= 11 is 5.83. The average molecular weight is 589 g/mol. The van der Waals surface area contributed by atoms with Gasteiger partial charge in [0.1, 0.15) is 29.8 Å². The summed E-state index contributed by atoms with van der Waals surface area (Å²) in [5.41, 5.74) is 3.77. The second-order valence-corrected chi connectivity index (χ2v) is 10.8. The lowest BCUT2D eigenvalue weighted by atomic mass is 10.0. The van der Waals surface area contributed by atoms with Gasteiger partial charge in [0.25, 0.3) is 0 Å². The molecule has 0 spiro atoms. The number of carboxylic acid groups (broad SMARTS) is 1. The highest BCUT2D eigenvalue weighted by Gasteiger charge is 2.21. The fraction of sp³-hybridized carbons (Fsp3) is 0.212. The molecule has 2 heterocycles. The number of carboxylic acids is 1. The first kappa shape index (κ1) is 27.9. The van der Waals surface area contributed by atoms with Crippen LogP contribution in [0.15, 0.2) is 78.9 Å². The standard InChI is InChI=1S/C33H27ClF2N2O4/c34-25-10-8-24(29(36)17-25)19-42-26-4-1-3-20(13-26)21-6-7-22(28(35)14-21)16-32-37-30-11-9-23(33(39)40)15-31(30)38(32)18-27-5-2-12-41-27/h1,3-4,6-11,13-15,17,27H,2,5,12,16,18-19H2,(H,39,40)/t27-/m1/s1. The van der Waals surface area contributed by atoms with Crippen LogP contribution in [0.2, 0.25) is 5.02 Å². The maximum Gasteiger partial charge on any atom is 0.335 e. The number of fused-ring (bicyclic) bond motifs is 1. The smallest absolute Gasteiger partial charge is 0.335 e. The van der Waals surface area contributed by atoms with Crippen LogP contribution in [0.25, 0.3) is 22.2 Å². The van der Waals surface area contributed by atoms with E-state index in [2.05, 4.69) is 0 Å². The number of nitrogens with zero attached hydrogens (tertiary/aromatic N) is 2. The predicted molar refractivity (Wildman–Crippen MR) is 156 cm³/mol. The molecule has 5 aromatic rings. The van der Waals surface area contributed by atoms with E-state index in [0.717, 1.165) is 18.4 Å². The van der Waals surface area contributed by atoms with Gasteiger partial charge in [-0.2, -0.15) is 0 Å². The maximum atomic E-state index is 15.5. The zero-order valence-electron chi connectivity index (χ0n) is 22.5. The Kier molecular flexibility index (Phi) is 7.91. The number of halogens is 3. The molecule has 0 radical (unpaired) electrons. The molecule has 6 nitrogen and oxygen atoms in total. The van der Waals surface area contributed by atoms with Crippen molar-refractivity contribution in [3.05, 3.63) is 118 Å². The van der Waals surface area contributed by atoms with Gasteiger partial charge in [0.05, 0.1) is 29.2 Å². The fourth-order valence-corrected chi connectivity index (χ4v) is 5.40. The summed E-state index contributed by atoms with van der Waals surface area (Å²) in [4.78, 5) is 16.3. The van der Waals surface area contributed by atoms with E-state index in [1.807, 2.05) is 16.7 Å². The van der Waals surface area contributed by atoms with E-state index in [0.29, 0.717) is 57.5 Å². The largest absolute Gasteiger partial charge is 0.489 e. The molecule has 9 heteroatoms. The van der Waals surface area contributed by atoms with Crippen molar-refractivity contribution < 1.29 is 28.2 Å². The molecule has 0 aliphatic carbocycles. The van der Waals surface area contributed by atoms with Gasteiger partial charge in [0, 0.05) is 23.6 Å². The summed E-state index contributed by atoms with van der Waals surface area (Å²) in [5.74, 6) is -0.682. The van der Waals surface area contributed by atoms with Crippen LogP contribution in [0, 0.1) is 11.6 Å². The number of hydrogen-bond acceptors (Lipinski definition) is 4. The van der Waals surface area contributed by atoms with Crippen LogP contribution in [-0.4, -0.2) is 33.3 Å². The molecule has 1 saturated heterocycles. The molecule has 0 bridgehead atoms. The van der Waals surface area contributed by atoms with Crippen LogP contribution in [0.3, 0.4) is 0 Å². The van der Waals surface area contributed by atoms with Gasteiger partial charge in [-0.1, -0.05) is 41.9 Å². The summed E-state index contributed by atoms with van der Waals surface area (Å²) in [6.45, 7) is 1.23. The number of rotatable bonds is 9. The van der Waals surface area contributed by atoms with Crippen LogP contribution >= 0.6 is 11.6 Å². The molecule has 42 heavy (non-hydrogen) atoms. The normalized spacial score (nSPS) is 14.9. The molecule has 1 fully saturated rings. The molecule has 0 saturated carbocycles. The summed E-state index contributed by atoms with van der Waals surface area (Å²) in [7, 11) is 0. The minimum atomic E-state index is -1.02. The number of hydrogen-bond donors (Lipinski definition) is 1. The van der Waals surface area contributed by atoms with Crippen LogP contribution in [0.4, 0.5) is 8.78 Å². The first-order chi connectivity index (χ1) is 20.3. The van der Waals surface area contributed by atoms with Crippen molar-refractivity contribution in [2.45, 2.75) is 38.5 Å². The highest BCUT2D eigenvalue weighted by Crippen LogP contribution is 2.29. The van der Waals surface area contributed by atoms with E-state index in [4.69, 9.17) is 26.1 Å². The second-order valence-electron chi connectivity index (χ2n) is 10.3. The number of carbonyl (C=O) groups is 1. The summed E-state index contributed by atoms with van der Waals surface area (Å²) in [6.07, 6.45) is 2.09. The van der Waals surface area contributed by atoms with Crippen molar-refractivity contribution in [1.82, 2.24) is 9.55 Å². The van der Waals surface area contributed by atoms with Gasteiger partial charge in [-0.05, 0) is 78.1 Å². The van der Waals surface area contributed by atoms with Gasteiger partial charge in [0.2, 0.25) is 0 Å². The minimum absolute atomic E-state index is 0.00691. The molecule has 0 unspecified atom stereocenters. The average Bonchev–Trinajstić information content (AvgIpc) is 3.61. The van der Waals surface area contributed by atoms with Crippen LogP contribution in [-0.2, 0) is 24.3 Å². The lowest BCUT2D eigenvalue weighted by Crippen LogP contribution is -2.17. The Balaban J connectivity index is 1.24. The van der Waals surface area contributed by atoms with Crippen molar-refractivity contribution in [1.29, 1.82) is 0 Å². The van der Waals surface area contributed by atoms with Crippen molar-refractivity contribution in [3.8, 4) is 16.9 Å². The first-order valence-electron chi connectivity index (χ1n) is 13.6. The molecule has 1 N–H and O–H groups in total. The Morgan fingerprint density at radius 1 is 1.00 bits per heavy atom. The molecule has 4 aromatic carbocycles. The van der Waals surface area contributed by atoms with Crippen molar-refractivity contribution in [2.24, 2.45) is 0 Å². The summed E-state index contributed by atoms with van der Waals surface area (Å²) in [6, 6.07) is 21.5. The van der Waals surface area contributed by atoms with Crippen molar-refractivity contribution in [2.75, 3.05) is 6.61 Å². The quantitative estimate of drug-likeness (QED) is 0.191. The maximum absolute atomic E-state index is 15.5. The molecule has 1 atom stereocenters. The predicted octanol–water partition coefficient (Wildman–Crippen LogP) is 7.68. The van der Waals surface area contributed by atoms with Crippen molar-refractivity contribution >= 4 is 28.6 Å². The number of ether oxygens (including phenoxy) is 2. The molecule has 1 aliphatic heterocycles. The van der Waals surface area contributed by atoms with Crippen LogP contribution in [0.1, 0.15) is 40.2 Å². The van der Waals surface area contributed by atoms with Gasteiger partial charge in [-0.15, -0.1) is 0 Å². The zero-order valence-corrected chi connectivity index (χ0v) is 23.3. The highest BCUT2D eigenvalue weighted by molar-refractivity contribution is 6.30. The number of aromatic nitrogens is 2. The Morgan fingerprint density at radius 2 is 1.81 bits per heavy atom. The monoisotopic (exact) mass is 588 g/mol. The summed E-state index contributed by atoms with van der Waals surface area (Å²) < 4.78 is 43.2. The molecule has 6 rings (SSSR count). The first-order valence-corrected chi connectivity index (χ1v) is 14.0. The Morgan fingerprint density at radius 3 is 2.57 bits per heavy atom. The van der Waals surface area contributed by atoms with Crippen LogP contribution in [0.5, 0.6) is 5.75 Å². The molecule has 0 amide bonds. The van der Waals surface area contributed by atoms with Crippen LogP contribution < -0.4 is 4.74 Å². The second kappa shape index (κ2) is 11.9. The van der Waals surface area contributed by atoms with Crippen molar-refractivity contribution in [3.63, 3.8) is 0 Å². The molecule has 214 valence electrons. The molecule has 1 aliphatic rings. The van der Waals surface area contributed by atoms with Gasteiger partial charge in [-0.25, -0.2) is 18.6 Å². The van der Waals surface area contributed by atoms with E-state index in [9.17, 15) is 14.3 Å². The minimum Gasteiger partial charge on any atom is -0.489 e. The number of aromatic carboxylic acids is 1. The molecule has 1 aromatic heterocycles. The third kappa shape index (κ3) is 6.00. The SMILES string of the molecule is O=C(O)c1ccc2nc(Cc3ccc(-c4cccc(OCc5ccc(Cl)cc5F)c4)cc3F)n(C[C@H]3CCCO3)c2c1. The molecular formula is C33H27ClF2N2O4. The van der Waals surface area contributed by atoms with Gasteiger partial charge in [-0.3, -0.25) is 0 Å². The van der Waals surface area contributed by atoms with E-state index in [1.54, 1.807) is 48.5 Å². The zero-order chi connectivity index (χ0) is 29.2. The lowest BCUT2D eigenvalue weighted by molar-refractivity contribution is 0.0697.